The lowest BCUT2D eigenvalue weighted by molar-refractivity contribution is -0.171. The number of carbonyl (C=O) groups excluding carboxylic acids is 2. The molecule has 1 aliphatic rings. The predicted octanol–water partition coefficient (Wildman–Crippen LogP) is 3.92. The molecule has 26 heavy (non-hydrogen) atoms. The maximum Gasteiger partial charge on any atom is 0.344 e. The molecule has 0 saturated heterocycles. The molecular weight excluding hydrogens is 332 g/mol. The molecule has 0 heterocycles. The largest absolute Gasteiger partial charge is 0.460 e. The van der Waals surface area contributed by atoms with E-state index in [4.69, 9.17) is 14.2 Å². The molecule has 5 heteroatoms. The van der Waals surface area contributed by atoms with E-state index in [2.05, 4.69) is 20.8 Å². The highest BCUT2D eigenvalue weighted by atomic mass is 16.6. The molecule has 1 aromatic rings. The number of carbonyl (C=O) groups is 2. The minimum Gasteiger partial charge on any atom is -0.460 e. The second kappa shape index (κ2) is 9.72. The van der Waals surface area contributed by atoms with Crippen molar-refractivity contribution in [2.24, 2.45) is 17.8 Å². The van der Waals surface area contributed by atoms with Crippen LogP contribution in [0.4, 0.5) is 0 Å². The Morgan fingerprint density at radius 3 is 2.46 bits per heavy atom. The summed E-state index contributed by atoms with van der Waals surface area (Å²) in [7, 11) is 1.44. The van der Waals surface area contributed by atoms with E-state index in [1.54, 1.807) is 12.1 Å². The summed E-state index contributed by atoms with van der Waals surface area (Å²) in [4.78, 5) is 24.4. The Hall–Kier alpha value is -1.88. The second-order valence-electron chi connectivity index (χ2n) is 7.49. The molecule has 1 saturated carbocycles. The van der Waals surface area contributed by atoms with Crippen molar-refractivity contribution < 1.29 is 23.8 Å². The Morgan fingerprint density at radius 2 is 1.85 bits per heavy atom. The van der Waals surface area contributed by atoms with Gasteiger partial charge in [0.25, 0.3) is 0 Å². The number of esters is 2. The summed E-state index contributed by atoms with van der Waals surface area (Å²) in [6.45, 7) is 6.11. The molecule has 4 atom stereocenters. The molecule has 0 aliphatic heterocycles. The van der Waals surface area contributed by atoms with Gasteiger partial charge >= 0.3 is 11.9 Å². The molecule has 2 rings (SSSR count). The van der Waals surface area contributed by atoms with Gasteiger partial charge in [0.2, 0.25) is 0 Å². The number of hydrogen-bond acceptors (Lipinski definition) is 5. The van der Waals surface area contributed by atoms with Gasteiger partial charge < -0.3 is 14.2 Å². The van der Waals surface area contributed by atoms with Gasteiger partial charge in [-0.25, -0.2) is 9.59 Å². The molecule has 5 nitrogen and oxygen atoms in total. The smallest absolute Gasteiger partial charge is 0.344 e. The second-order valence-corrected chi connectivity index (χ2v) is 7.49. The zero-order chi connectivity index (χ0) is 19.1. The summed E-state index contributed by atoms with van der Waals surface area (Å²) < 4.78 is 16.0. The molecule has 144 valence electrons. The van der Waals surface area contributed by atoms with Gasteiger partial charge in [0.15, 0.2) is 12.7 Å². The third kappa shape index (κ3) is 5.56. The minimum atomic E-state index is -0.845. The Balaban J connectivity index is 1.88. The number of ether oxygens (including phenoxy) is 3. The summed E-state index contributed by atoms with van der Waals surface area (Å²) in [6.07, 6.45) is 2.15. The number of benzene rings is 1. The van der Waals surface area contributed by atoms with Crippen molar-refractivity contribution in [3.8, 4) is 0 Å². The monoisotopic (exact) mass is 362 g/mol. The van der Waals surface area contributed by atoms with Crippen LogP contribution in [0.15, 0.2) is 30.3 Å². The van der Waals surface area contributed by atoms with Crippen LogP contribution in [0.3, 0.4) is 0 Å². The summed E-state index contributed by atoms with van der Waals surface area (Å²) in [5.74, 6) is 0.279. The molecule has 0 aromatic heterocycles. The Kier molecular flexibility index (Phi) is 7.64. The highest BCUT2D eigenvalue weighted by Gasteiger charge is 2.33. The van der Waals surface area contributed by atoms with Crippen molar-refractivity contribution >= 4 is 11.9 Å². The normalized spacial score (nSPS) is 24.1. The molecule has 1 aliphatic carbocycles. The quantitative estimate of drug-likeness (QED) is 0.688. The van der Waals surface area contributed by atoms with Crippen LogP contribution in [0.2, 0.25) is 0 Å². The van der Waals surface area contributed by atoms with E-state index in [1.165, 1.54) is 13.5 Å². The van der Waals surface area contributed by atoms with E-state index >= 15 is 0 Å². The van der Waals surface area contributed by atoms with Crippen LogP contribution in [-0.2, 0) is 23.8 Å². The van der Waals surface area contributed by atoms with E-state index in [9.17, 15) is 9.59 Å². The maximum atomic E-state index is 12.2. The van der Waals surface area contributed by atoms with Crippen LogP contribution in [0.1, 0.15) is 51.7 Å². The van der Waals surface area contributed by atoms with E-state index in [0.717, 1.165) is 12.8 Å². The zero-order valence-electron chi connectivity index (χ0n) is 16.1. The van der Waals surface area contributed by atoms with E-state index in [-0.39, 0.29) is 12.7 Å². The van der Waals surface area contributed by atoms with Gasteiger partial charge in [0.05, 0.1) is 0 Å². The van der Waals surface area contributed by atoms with Gasteiger partial charge in [-0.05, 0) is 36.2 Å². The molecule has 0 amide bonds. The van der Waals surface area contributed by atoms with Crippen LogP contribution in [-0.4, -0.2) is 31.8 Å². The predicted molar refractivity (Wildman–Crippen MR) is 98.4 cm³/mol. The van der Waals surface area contributed by atoms with Crippen LogP contribution >= 0.6 is 0 Å². The van der Waals surface area contributed by atoms with Gasteiger partial charge in [-0.2, -0.15) is 0 Å². The minimum absolute atomic E-state index is 0.0997. The van der Waals surface area contributed by atoms with Crippen LogP contribution in [0, 0.1) is 17.8 Å². The molecule has 0 radical (unpaired) electrons. The highest BCUT2D eigenvalue weighted by molar-refractivity contribution is 5.80. The lowest BCUT2D eigenvalue weighted by Gasteiger charge is -2.36. The Morgan fingerprint density at radius 1 is 1.15 bits per heavy atom. The van der Waals surface area contributed by atoms with Crippen LogP contribution in [0.5, 0.6) is 0 Å². The molecule has 1 aromatic carbocycles. The van der Waals surface area contributed by atoms with Gasteiger partial charge in [-0.15, -0.1) is 0 Å². The van der Waals surface area contributed by atoms with Crippen LogP contribution < -0.4 is 0 Å². The fourth-order valence-corrected chi connectivity index (χ4v) is 3.66. The lowest BCUT2D eigenvalue weighted by atomic mass is 9.75. The summed E-state index contributed by atoms with van der Waals surface area (Å²) in [5, 5.41) is 0. The van der Waals surface area contributed by atoms with Gasteiger partial charge in [0, 0.05) is 7.11 Å². The fourth-order valence-electron chi connectivity index (χ4n) is 3.66. The first-order valence-corrected chi connectivity index (χ1v) is 9.36. The molecule has 1 fully saturated rings. The summed E-state index contributed by atoms with van der Waals surface area (Å²) >= 11 is 0. The van der Waals surface area contributed by atoms with Crippen LogP contribution in [0.25, 0.3) is 0 Å². The molecule has 0 bridgehead atoms. The molecule has 0 N–H and O–H groups in total. The molecule has 0 unspecified atom stereocenters. The first-order chi connectivity index (χ1) is 12.4. The Bertz CT molecular complexity index is 583. The van der Waals surface area contributed by atoms with Crippen molar-refractivity contribution in [3.63, 3.8) is 0 Å². The SMILES string of the molecule is CO[C@@H](C(=O)OCC(=O)O[C@@H]1C[C@H](C)CC[C@H]1C(C)C)c1ccccc1. The average Bonchev–Trinajstić information content (AvgIpc) is 2.61. The van der Waals surface area contributed by atoms with Crippen molar-refractivity contribution in [2.45, 2.75) is 52.2 Å². The van der Waals surface area contributed by atoms with E-state index < -0.39 is 18.0 Å². The topological polar surface area (TPSA) is 61.8 Å². The fraction of sp³-hybridized carbons (Fsp3) is 0.619. The standard InChI is InChI=1S/C21H30O5/c1-14(2)17-11-10-15(3)12-18(17)26-19(22)13-25-21(23)20(24-4)16-8-6-5-7-9-16/h5-9,14-15,17-18,20H,10-13H2,1-4H3/t15-,17+,18-,20-/m1/s1. The van der Waals surface area contributed by atoms with Crippen molar-refractivity contribution in [2.75, 3.05) is 13.7 Å². The maximum absolute atomic E-state index is 12.2. The zero-order valence-corrected chi connectivity index (χ0v) is 16.1. The molecule has 0 spiro atoms. The first-order valence-electron chi connectivity index (χ1n) is 9.36. The van der Waals surface area contributed by atoms with Gasteiger partial charge in [-0.3, -0.25) is 0 Å². The number of rotatable bonds is 7. The van der Waals surface area contributed by atoms with Crippen molar-refractivity contribution in [1.29, 1.82) is 0 Å². The highest BCUT2D eigenvalue weighted by Crippen LogP contribution is 2.35. The van der Waals surface area contributed by atoms with E-state index in [0.29, 0.717) is 23.3 Å². The number of hydrogen-bond donors (Lipinski definition) is 0. The van der Waals surface area contributed by atoms with Crippen molar-refractivity contribution in [1.82, 2.24) is 0 Å². The lowest BCUT2D eigenvalue weighted by Crippen LogP contribution is -2.37. The van der Waals surface area contributed by atoms with Crippen molar-refractivity contribution in [3.05, 3.63) is 35.9 Å². The third-order valence-corrected chi connectivity index (χ3v) is 5.13. The van der Waals surface area contributed by atoms with Gasteiger partial charge in [-0.1, -0.05) is 57.5 Å². The number of methoxy groups -OCH3 is 1. The van der Waals surface area contributed by atoms with E-state index in [1.807, 2.05) is 18.2 Å². The van der Waals surface area contributed by atoms with Gasteiger partial charge in [0.1, 0.15) is 6.10 Å². The Labute approximate surface area is 156 Å². The third-order valence-electron chi connectivity index (χ3n) is 5.13. The molecular formula is C21H30O5. The summed E-state index contributed by atoms with van der Waals surface area (Å²) in [5.41, 5.74) is 0.689. The average molecular weight is 362 g/mol. The first kappa shape index (κ1) is 20.4. The summed E-state index contributed by atoms with van der Waals surface area (Å²) in [6, 6.07) is 9.06.